The van der Waals surface area contributed by atoms with Crippen molar-refractivity contribution in [1.29, 1.82) is 0 Å². The van der Waals surface area contributed by atoms with Gasteiger partial charge < -0.3 is 4.90 Å². The van der Waals surface area contributed by atoms with Crippen molar-refractivity contribution in [1.82, 2.24) is 4.90 Å². The van der Waals surface area contributed by atoms with Crippen LogP contribution < -0.4 is 0 Å². The molecular weight excluding hydrogens is 146 g/mol. The van der Waals surface area contributed by atoms with E-state index in [1.165, 1.54) is 38.5 Å². The monoisotopic (exact) mass is 171 g/mol. The first-order valence-electron chi connectivity index (χ1n) is 5.38. The molecule has 0 aromatic carbocycles. The molecule has 0 aliphatic carbocycles. The van der Waals surface area contributed by atoms with Crippen molar-refractivity contribution >= 4 is 0 Å². The van der Waals surface area contributed by atoms with Gasteiger partial charge in [0.15, 0.2) is 0 Å². The van der Waals surface area contributed by atoms with Crippen LogP contribution in [0.25, 0.3) is 0 Å². The molecule has 0 saturated carbocycles. The van der Waals surface area contributed by atoms with Gasteiger partial charge in [-0.1, -0.05) is 39.5 Å². The second kappa shape index (κ2) is 7.60. The lowest BCUT2D eigenvalue weighted by molar-refractivity contribution is 0.254. The quantitative estimate of drug-likeness (QED) is 0.568. The molecule has 0 amide bonds. The van der Waals surface area contributed by atoms with Crippen LogP contribution in [0.1, 0.15) is 52.4 Å². The first kappa shape index (κ1) is 12.0. The lowest BCUT2D eigenvalue weighted by atomic mass is 10.0. The minimum absolute atomic E-state index is 0.824. The van der Waals surface area contributed by atoms with E-state index in [-0.39, 0.29) is 0 Å². The fourth-order valence-corrected chi connectivity index (χ4v) is 1.54. The summed E-state index contributed by atoms with van der Waals surface area (Å²) >= 11 is 0. The molecule has 0 rings (SSSR count). The molecule has 0 atom stereocenters. The molecule has 1 heteroatoms. The van der Waals surface area contributed by atoms with Crippen LogP contribution in [0.5, 0.6) is 0 Å². The van der Waals surface area contributed by atoms with E-state index >= 15 is 0 Å². The molecule has 12 heavy (non-hydrogen) atoms. The number of unbranched alkanes of at least 4 members (excludes halogenated alkanes) is 2. The summed E-state index contributed by atoms with van der Waals surface area (Å²) in [5, 5.41) is 0. The maximum atomic E-state index is 2.38. The second-order valence-corrected chi connectivity index (χ2v) is 3.90. The maximum absolute atomic E-state index is 2.38. The molecule has 0 aliphatic heterocycles. The van der Waals surface area contributed by atoms with E-state index in [1.54, 1.807) is 0 Å². The van der Waals surface area contributed by atoms with E-state index in [1.807, 2.05) is 0 Å². The van der Waals surface area contributed by atoms with Gasteiger partial charge in [-0.2, -0.15) is 0 Å². The molecule has 0 heterocycles. The standard InChI is InChI=1S/C11H25N/c1-5-7-9-11(12(3)4)10-8-6-2/h11H,5-10H2,1-4H3. The Balaban J connectivity index is 3.55. The topological polar surface area (TPSA) is 3.24 Å². The Bertz CT molecular complexity index is 81.0. The van der Waals surface area contributed by atoms with E-state index in [9.17, 15) is 0 Å². The molecular formula is C11H25N. The maximum Gasteiger partial charge on any atom is 0.00891 e. The normalized spacial score (nSPS) is 11.5. The molecule has 0 unspecified atom stereocenters. The van der Waals surface area contributed by atoms with Gasteiger partial charge in [0, 0.05) is 6.04 Å². The lowest BCUT2D eigenvalue weighted by Gasteiger charge is -2.23. The third kappa shape index (κ3) is 5.59. The first-order chi connectivity index (χ1) is 5.72. The van der Waals surface area contributed by atoms with Crippen LogP contribution in [-0.4, -0.2) is 25.0 Å². The zero-order chi connectivity index (χ0) is 9.40. The SMILES string of the molecule is CCCCC(CCCC)N(C)C. The molecule has 0 N–H and O–H groups in total. The highest BCUT2D eigenvalue weighted by Crippen LogP contribution is 2.12. The largest absolute Gasteiger partial charge is 0.306 e. The predicted octanol–water partition coefficient (Wildman–Crippen LogP) is 3.30. The molecule has 0 aromatic rings. The average Bonchev–Trinajstić information content (AvgIpc) is 2.04. The minimum atomic E-state index is 0.824. The van der Waals surface area contributed by atoms with Gasteiger partial charge in [-0.15, -0.1) is 0 Å². The van der Waals surface area contributed by atoms with E-state index in [2.05, 4.69) is 32.8 Å². The zero-order valence-corrected chi connectivity index (χ0v) is 9.27. The average molecular weight is 171 g/mol. The molecule has 0 saturated heterocycles. The van der Waals surface area contributed by atoms with Gasteiger partial charge in [0.05, 0.1) is 0 Å². The smallest absolute Gasteiger partial charge is 0.00891 e. The van der Waals surface area contributed by atoms with Crippen molar-refractivity contribution in [2.75, 3.05) is 14.1 Å². The molecule has 0 radical (unpaired) electrons. The summed E-state index contributed by atoms with van der Waals surface area (Å²) in [6.45, 7) is 4.54. The molecule has 0 spiro atoms. The molecule has 0 aromatic heterocycles. The van der Waals surface area contributed by atoms with E-state index in [0.29, 0.717) is 0 Å². The molecule has 1 nitrogen and oxygen atoms in total. The van der Waals surface area contributed by atoms with Crippen LogP contribution in [0.4, 0.5) is 0 Å². The van der Waals surface area contributed by atoms with Gasteiger partial charge in [-0.25, -0.2) is 0 Å². The van der Waals surface area contributed by atoms with Gasteiger partial charge in [-0.05, 0) is 26.9 Å². The molecule has 0 bridgehead atoms. The summed E-state index contributed by atoms with van der Waals surface area (Å²) in [4.78, 5) is 2.38. The summed E-state index contributed by atoms with van der Waals surface area (Å²) in [7, 11) is 4.41. The molecule has 0 fully saturated rings. The van der Waals surface area contributed by atoms with Crippen LogP contribution in [0.3, 0.4) is 0 Å². The van der Waals surface area contributed by atoms with Crippen LogP contribution >= 0.6 is 0 Å². The van der Waals surface area contributed by atoms with Gasteiger partial charge in [0.2, 0.25) is 0 Å². The van der Waals surface area contributed by atoms with E-state index < -0.39 is 0 Å². The van der Waals surface area contributed by atoms with E-state index in [4.69, 9.17) is 0 Å². The van der Waals surface area contributed by atoms with Crippen molar-refractivity contribution in [3.63, 3.8) is 0 Å². The highest BCUT2D eigenvalue weighted by Gasteiger charge is 2.08. The van der Waals surface area contributed by atoms with Crippen molar-refractivity contribution in [3.05, 3.63) is 0 Å². The number of hydrogen-bond acceptors (Lipinski definition) is 1. The third-order valence-corrected chi connectivity index (χ3v) is 2.51. The number of hydrogen-bond donors (Lipinski definition) is 0. The first-order valence-corrected chi connectivity index (χ1v) is 5.38. The Labute approximate surface area is 78.1 Å². The molecule has 74 valence electrons. The Morgan fingerprint density at radius 1 is 0.917 bits per heavy atom. The predicted molar refractivity (Wildman–Crippen MR) is 56.5 cm³/mol. The minimum Gasteiger partial charge on any atom is -0.306 e. The summed E-state index contributed by atoms with van der Waals surface area (Å²) < 4.78 is 0. The fraction of sp³-hybridized carbons (Fsp3) is 1.00. The van der Waals surface area contributed by atoms with Gasteiger partial charge >= 0.3 is 0 Å². The highest BCUT2D eigenvalue weighted by molar-refractivity contribution is 4.65. The Kier molecular flexibility index (Phi) is 7.58. The van der Waals surface area contributed by atoms with E-state index in [0.717, 1.165) is 6.04 Å². The summed E-state index contributed by atoms with van der Waals surface area (Å²) in [6, 6.07) is 0.824. The van der Waals surface area contributed by atoms with Crippen molar-refractivity contribution in [3.8, 4) is 0 Å². The van der Waals surface area contributed by atoms with Crippen molar-refractivity contribution in [2.24, 2.45) is 0 Å². The van der Waals surface area contributed by atoms with Gasteiger partial charge in [0.1, 0.15) is 0 Å². The van der Waals surface area contributed by atoms with Gasteiger partial charge in [-0.3, -0.25) is 0 Å². The third-order valence-electron chi connectivity index (χ3n) is 2.51. The van der Waals surface area contributed by atoms with Crippen LogP contribution in [0.15, 0.2) is 0 Å². The van der Waals surface area contributed by atoms with Crippen LogP contribution in [0, 0.1) is 0 Å². The second-order valence-electron chi connectivity index (χ2n) is 3.90. The Morgan fingerprint density at radius 3 is 1.58 bits per heavy atom. The van der Waals surface area contributed by atoms with Gasteiger partial charge in [0.25, 0.3) is 0 Å². The highest BCUT2D eigenvalue weighted by atomic mass is 15.1. The lowest BCUT2D eigenvalue weighted by Crippen LogP contribution is -2.27. The summed E-state index contributed by atoms with van der Waals surface area (Å²) in [5.41, 5.74) is 0. The number of nitrogens with zero attached hydrogens (tertiary/aromatic N) is 1. The van der Waals surface area contributed by atoms with Crippen LogP contribution in [0.2, 0.25) is 0 Å². The fourth-order valence-electron chi connectivity index (χ4n) is 1.54. The summed E-state index contributed by atoms with van der Waals surface area (Å²) in [6.07, 6.45) is 8.18. The number of rotatable bonds is 7. The zero-order valence-electron chi connectivity index (χ0n) is 9.27. The Hall–Kier alpha value is -0.0400. The van der Waals surface area contributed by atoms with Crippen LogP contribution in [-0.2, 0) is 0 Å². The van der Waals surface area contributed by atoms with Crippen molar-refractivity contribution in [2.45, 2.75) is 58.4 Å². The Morgan fingerprint density at radius 2 is 1.33 bits per heavy atom. The molecule has 0 aliphatic rings. The summed E-state index contributed by atoms with van der Waals surface area (Å²) in [5.74, 6) is 0. The van der Waals surface area contributed by atoms with Crippen molar-refractivity contribution < 1.29 is 0 Å².